The van der Waals surface area contributed by atoms with Crippen molar-refractivity contribution in [3.05, 3.63) is 22.7 Å². The summed E-state index contributed by atoms with van der Waals surface area (Å²) in [6.07, 6.45) is 4.09. The molecule has 4 rings (SSSR count). The van der Waals surface area contributed by atoms with Crippen molar-refractivity contribution in [2.75, 3.05) is 18.4 Å². The average Bonchev–Trinajstić information content (AvgIpc) is 3.30. The molecule has 25 heavy (non-hydrogen) atoms. The lowest BCUT2D eigenvalue weighted by molar-refractivity contribution is -0.114. The second kappa shape index (κ2) is 6.55. The summed E-state index contributed by atoms with van der Waals surface area (Å²) in [5.41, 5.74) is 0.390. The number of nitrogens with one attached hydrogen (secondary N) is 1. The quantitative estimate of drug-likeness (QED) is 0.898. The zero-order chi connectivity index (χ0) is 17.4. The Labute approximate surface area is 149 Å². The molecule has 0 radical (unpaired) electrons. The Kier molecular flexibility index (Phi) is 4.24. The Morgan fingerprint density at radius 1 is 1.28 bits per heavy atom. The molecule has 0 saturated carbocycles. The lowest BCUT2D eigenvalue weighted by Crippen LogP contribution is -2.40. The largest absolute Gasteiger partial charge is 0.337 e. The number of carbonyl (C=O) groups excluding carboxylic acids is 2. The number of piperidine rings is 1. The van der Waals surface area contributed by atoms with Crippen molar-refractivity contribution in [3.63, 3.8) is 0 Å². The minimum absolute atomic E-state index is 0.0845. The number of carbonyl (C=O) groups is 2. The number of fused-ring (bicyclic) bond motifs is 1. The Bertz CT molecular complexity index is 813. The normalized spacial score (nSPS) is 19.7. The fraction of sp³-hybridized carbons (Fsp3) is 0.562. The molecular weight excluding hydrogens is 340 g/mol. The molecule has 8 nitrogen and oxygen atoms in total. The van der Waals surface area contributed by atoms with Gasteiger partial charge in [0.05, 0.1) is 0 Å². The summed E-state index contributed by atoms with van der Waals surface area (Å²) < 4.78 is 2.22. The highest BCUT2D eigenvalue weighted by molar-refractivity contribution is 7.14. The van der Waals surface area contributed by atoms with E-state index in [4.69, 9.17) is 0 Å². The highest BCUT2D eigenvalue weighted by Crippen LogP contribution is 2.29. The van der Waals surface area contributed by atoms with E-state index in [2.05, 4.69) is 25.1 Å². The van der Waals surface area contributed by atoms with E-state index in [-0.39, 0.29) is 17.7 Å². The van der Waals surface area contributed by atoms with Crippen LogP contribution in [0.5, 0.6) is 0 Å². The molecule has 1 saturated heterocycles. The van der Waals surface area contributed by atoms with E-state index in [0.29, 0.717) is 17.4 Å². The summed E-state index contributed by atoms with van der Waals surface area (Å²) >= 11 is 1.27. The maximum atomic E-state index is 12.8. The molecule has 0 aliphatic carbocycles. The molecule has 9 heteroatoms. The van der Waals surface area contributed by atoms with Gasteiger partial charge in [0.25, 0.3) is 5.91 Å². The van der Waals surface area contributed by atoms with Crippen molar-refractivity contribution in [1.82, 2.24) is 24.6 Å². The van der Waals surface area contributed by atoms with Gasteiger partial charge in [0, 0.05) is 44.3 Å². The third-order valence-corrected chi connectivity index (χ3v) is 5.48. The molecule has 1 fully saturated rings. The van der Waals surface area contributed by atoms with Gasteiger partial charge < -0.3 is 14.8 Å². The lowest BCUT2D eigenvalue weighted by atomic mass is 9.97. The van der Waals surface area contributed by atoms with Crippen LogP contribution in [-0.4, -0.2) is 49.6 Å². The molecule has 1 atom stereocenters. The van der Waals surface area contributed by atoms with E-state index < -0.39 is 0 Å². The lowest BCUT2D eigenvalue weighted by Gasteiger charge is -2.31. The summed E-state index contributed by atoms with van der Waals surface area (Å²) in [5.74, 6) is 2.04. The van der Waals surface area contributed by atoms with Crippen molar-refractivity contribution >= 4 is 28.3 Å². The fourth-order valence-corrected chi connectivity index (χ4v) is 4.32. The van der Waals surface area contributed by atoms with Crippen LogP contribution in [0.3, 0.4) is 0 Å². The van der Waals surface area contributed by atoms with E-state index in [1.807, 2.05) is 4.90 Å². The van der Waals surface area contributed by atoms with Crippen LogP contribution >= 0.6 is 11.3 Å². The molecule has 132 valence electrons. The van der Waals surface area contributed by atoms with Crippen LogP contribution in [0, 0.1) is 0 Å². The highest BCUT2D eigenvalue weighted by Gasteiger charge is 2.31. The molecule has 2 amide bonds. The Hall–Kier alpha value is -2.29. The summed E-state index contributed by atoms with van der Waals surface area (Å²) in [7, 11) is 0. The van der Waals surface area contributed by atoms with Gasteiger partial charge in [-0.2, -0.15) is 0 Å². The first kappa shape index (κ1) is 16.2. The smallest absolute Gasteiger partial charge is 0.273 e. The van der Waals surface area contributed by atoms with Gasteiger partial charge in [-0.25, -0.2) is 4.98 Å². The van der Waals surface area contributed by atoms with Gasteiger partial charge in [-0.3, -0.25) is 9.59 Å². The number of hydrogen-bond donors (Lipinski definition) is 1. The first-order chi connectivity index (χ1) is 12.1. The van der Waals surface area contributed by atoms with Crippen LogP contribution in [0.15, 0.2) is 5.38 Å². The Morgan fingerprint density at radius 2 is 2.16 bits per heavy atom. The number of thiazole rings is 1. The molecule has 1 N–H and O–H groups in total. The predicted octanol–water partition coefficient (Wildman–Crippen LogP) is 1.66. The third-order valence-electron chi connectivity index (χ3n) is 4.72. The van der Waals surface area contributed by atoms with E-state index in [9.17, 15) is 9.59 Å². The number of rotatable bonds is 3. The molecule has 2 aromatic heterocycles. The van der Waals surface area contributed by atoms with Crippen molar-refractivity contribution in [1.29, 1.82) is 0 Å². The Balaban J connectivity index is 1.48. The second-order valence-corrected chi connectivity index (χ2v) is 7.40. The highest BCUT2D eigenvalue weighted by atomic mass is 32.1. The van der Waals surface area contributed by atoms with Crippen molar-refractivity contribution in [3.8, 4) is 0 Å². The second-order valence-electron chi connectivity index (χ2n) is 6.54. The molecule has 0 bridgehead atoms. The van der Waals surface area contributed by atoms with Crippen LogP contribution < -0.4 is 5.32 Å². The van der Waals surface area contributed by atoms with E-state index in [1.54, 1.807) is 5.38 Å². The summed E-state index contributed by atoms with van der Waals surface area (Å²) in [5, 5.41) is 13.4. The van der Waals surface area contributed by atoms with Crippen LogP contribution in [0.25, 0.3) is 0 Å². The van der Waals surface area contributed by atoms with Crippen LogP contribution in [0.2, 0.25) is 0 Å². The minimum atomic E-state index is -0.188. The van der Waals surface area contributed by atoms with Gasteiger partial charge >= 0.3 is 0 Å². The topological polar surface area (TPSA) is 93.0 Å². The van der Waals surface area contributed by atoms with Gasteiger partial charge in [0.1, 0.15) is 17.3 Å². The molecule has 0 aromatic carbocycles. The maximum Gasteiger partial charge on any atom is 0.273 e. The number of hydrogen-bond acceptors (Lipinski definition) is 6. The zero-order valence-corrected chi connectivity index (χ0v) is 14.9. The average molecular weight is 360 g/mol. The number of nitrogens with zero attached hydrogens (tertiary/aromatic N) is 5. The fourth-order valence-electron chi connectivity index (χ4n) is 3.59. The minimum Gasteiger partial charge on any atom is -0.337 e. The molecular formula is C16H20N6O2S. The zero-order valence-electron chi connectivity index (χ0n) is 14.1. The van der Waals surface area contributed by atoms with Crippen molar-refractivity contribution < 1.29 is 9.59 Å². The summed E-state index contributed by atoms with van der Waals surface area (Å²) in [6.45, 7) is 3.77. The van der Waals surface area contributed by atoms with Crippen molar-refractivity contribution in [2.24, 2.45) is 0 Å². The van der Waals surface area contributed by atoms with Gasteiger partial charge in [0.2, 0.25) is 5.91 Å². The predicted molar refractivity (Wildman–Crippen MR) is 92.6 cm³/mol. The Morgan fingerprint density at radius 3 is 3.00 bits per heavy atom. The van der Waals surface area contributed by atoms with Crippen LogP contribution in [0.1, 0.15) is 54.2 Å². The standard InChI is InChI=1S/C16H20N6O2S/c1-10(23)17-16-18-12(9-25-16)15(24)21-6-2-4-11(8-21)14-20-19-13-5-3-7-22(13)14/h9,11H,2-8H2,1H3,(H,17,18,23)/t11-/m0/s1. The van der Waals surface area contributed by atoms with E-state index in [1.165, 1.54) is 18.3 Å². The molecule has 0 unspecified atom stereocenters. The number of aromatic nitrogens is 4. The number of anilines is 1. The number of amides is 2. The molecule has 2 aliphatic heterocycles. The molecule has 2 aliphatic rings. The van der Waals surface area contributed by atoms with E-state index >= 15 is 0 Å². The van der Waals surface area contributed by atoms with Crippen LogP contribution in [0.4, 0.5) is 5.13 Å². The van der Waals surface area contributed by atoms with E-state index in [0.717, 1.165) is 50.4 Å². The molecule has 4 heterocycles. The summed E-state index contributed by atoms with van der Waals surface area (Å²) in [6, 6.07) is 0. The number of aryl methyl sites for hydroxylation is 1. The maximum absolute atomic E-state index is 12.8. The SMILES string of the molecule is CC(=O)Nc1nc(C(=O)N2CCC[C@H](c3nnc4n3CCC4)C2)cs1. The molecule has 2 aromatic rings. The van der Waals surface area contributed by atoms with Gasteiger partial charge in [-0.1, -0.05) is 0 Å². The first-order valence-corrected chi connectivity index (χ1v) is 9.44. The van der Waals surface area contributed by atoms with Gasteiger partial charge in [0.15, 0.2) is 5.13 Å². The first-order valence-electron chi connectivity index (χ1n) is 8.56. The van der Waals surface area contributed by atoms with Gasteiger partial charge in [-0.15, -0.1) is 21.5 Å². The number of likely N-dealkylation sites (tertiary alicyclic amines) is 1. The van der Waals surface area contributed by atoms with Gasteiger partial charge in [-0.05, 0) is 19.3 Å². The molecule has 0 spiro atoms. The van der Waals surface area contributed by atoms with Crippen LogP contribution in [-0.2, 0) is 17.8 Å². The monoisotopic (exact) mass is 360 g/mol. The van der Waals surface area contributed by atoms with Crippen molar-refractivity contribution in [2.45, 2.75) is 45.1 Å². The summed E-state index contributed by atoms with van der Waals surface area (Å²) in [4.78, 5) is 29.9. The third kappa shape index (κ3) is 3.15.